The number of alkyl halides is 6. The number of aryl methyl sites for hydroxylation is 2. The van der Waals surface area contributed by atoms with Gasteiger partial charge < -0.3 is 5.32 Å². The lowest BCUT2D eigenvalue weighted by Gasteiger charge is -2.10. The van der Waals surface area contributed by atoms with Gasteiger partial charge in [0.05, 0.1) is 29.2 Å². The molecule has 7 nitrogen and oxygen atoms in total. The minimum atomic E-state index is -4.47. The average Bonchev–Trinajstić information content (AvgIpc) is 3.28. The van der Waals surface area contributed by atoms with Gasteiger partial charge in [-0.05, 0) is 56.1 Å². The van der Waals surface area contributed by atoms with Crippen LogP contribution in [0.1, 0.15) is 44.4 Å². The summed E-state index contributed by atoms with van der Waals surface area (Å²) >= 11 is 5.18. The van der Waals surface area contributed by atoms with E-state index in [2.05, 4.69) is 20.5 Å². The molecule has 0 spiro atoms. The van der Waals surface area contributed by atoms with Crippen LogP contribution in [0.3, 0.4) is 0 Å². The van der Waals surface area contributed by atoms with Gasteiger partial charge in [-0.15, -0.1) is 0 Å². The van der Waals surface area contributed by atoms with Gasteiger partial charge in [-0.1, -0.05) is 12.1 Å². The van der Waals surface area contributed by atoms with E-state index < -0.39 is 28.7 Å². The van der Waals surface area contributed by atoms with Gasteiger partial charge in [0, 0.05) is 11.8 Å². The Labute approximate surface area is 200 Å². The molecule has 1 N–H and O–H groups in total. The standard InChI is InChI=1S/C22H18ClF5N6O/c1-11-7-17(21(23,24)25)34-18(29-11)9-16(32-34)20(35)30-19-12(2)31-33(13(19)3)10-14-5-4-6-15(8-14)22(26,27)28/h4-9H,10H2,1-3H3,(H,30,35). The van der Waals surface area contributed by atoms with Gasteiger partial charge in [0.2, 0.25) is 0 Å². The maximum Gasteiger partial charge on any atom is 0.416 e. The zero-order valence-corrected chi connectivity index (χ0v) is 19.3. The number of anilines is 1. The Kier molecular flexibility index (Phi) is 6.04. The number of fused-ring (bicyclic) bond motifs is 1. The molecule has 0 aliphatic carbocycles. The molecule has 1 aromatic carbocycles. The minimum Gasteiger partial charge on any atom is -0.317 e. The van der Waals surface area contributed by atoms with Crippen LogP contribution >= 0.6 is 11.6 Å². The third kappa shape index (κ3) is 4.97. The van der Waals surface area contributed by atoms with Gasteiger partial charge in [-0.25, -0.2) is 9.50 Å². The van der Waals surface area contributed by atoms with E-state index in [0.29, 0.717) is 22.6 Å². The summed E-state index contributed by atoms with van der Waals surface area (Å²) in [5.41, 5.74) is 0.277. The van der Waals surface area contributed by atoms with E-state index in [1.165, 1.54) is 23.7 Å². The molecular formula is C22H18ClF5N6O. The SMILES string of the molecule is Cc1cc(C(F)(F)Cl)n2nc(C(=O)Nc3c(C)nn(Cc4cccc(C(F)(F)F)c4)c3C)cc2n1. The Bertz CT molecular complexity index is 1440. The maximum atomic E-state index is 13.8. The lowest BCUT2D eigenvalue weighted by molar-refractivity contribution is -0.137. The van der Waals surface area contributed by atoms with Gasteiger partial charge in [-0.3, -0.25) is 9.48 Å². The molecule has 3 aromatic heterocycles. The van der Waals surface area contributed by atoms with Crippen LogP contribution in [0.25, 0.3) is 5.65 Å². The Morgan fingerprint density at radius 1 is 1.06 bits per heavy atom. The van der Waals surface area contributed by atoms with Crippen LogP contribution in [0, 0.1) is 20.8 Å². The molecule has 0 aliphatic rings. The number of nitrogens with zero attached hydrogens (tertiary/aromatic N) is 5. The highest BCUT2D eigenvalue weighted by molar-refractivity contribution is 6.21. The smallest absolute Gasteiger partial charge is 0.317 e. The number of carbonyl (C=O) groups is 1. The van der Waals surface area contributed by atoms with Gasteiger partial charge >= 0.3 is 11.6 Å². The first-order valence-electron chi connectivity index (χ1n) is 10.2. The maximum absolute atomic E-state index is 13.8. The van der Waals surface area contributed by atoms with Crippen molar-refractivity contribution in [3.05, 3.63) is 76.0 Å². The molecule has 0 aliphatic heterocycles. The molecule has 1 amide bonds. The fraction of sp³-hybridized carbons (Fsp3) is 0.273. The van der Waals surface area contributed by atoms with E-state index >= 15 is 0 Å². The van der Waals surface area contributed by atoms with Crippen molar-refractivity contribution in [2.45, 2.75) is 38.9 Å². The lowest BCUT2D eigenvalue weighted by Crippen LogP contribution is -2.16. The molecule has 0 saturated heterocycles. The van der Waals surface area contributed by atoms with Crippen LogP contribution in [-0.2, 0) is 18.1 Å². The van der Waals surface area contributed by atoms with E-state index in [1.54, 1.807) is 19.9 Å². The topological polar surface area (TPSA) is 77.1 Å². The molecule has 13 heteroatoms. The summed E-state index contributed by atoms with van der Waals surface area (Å²) in [5, 5.41) is 7.15. The molecule has 4 rings (SSSR count). The van der Waals surface area contributed by atoms with E-state index in [1.807, 2.05) is 0 Å². The molecule has 0 radical (unpaired) electrons. The molecule has 0 saturated carbocycles. The second kappa shape index (κ2) is 8.59. The summed E-state index contributed by atoms with van der Waals surface area (Å²) in [6, 6.07) is 7.18. The van der Waals surface area contributed by atoms with Crippen molar-refractivity contribution in [3.63, 3.8) is 0 Å². The first-order valence-corrected chi connectivity index (χ1v) is 10.6. The molecule has 4 aromatic rings. The van der Waals surface area contributed by atoms with E-state index in [4.69, 9.17) is 11.6 Å². The molecule has 35 heavy (non-hydrogen) atoms. The number of amides is 1. The van der Waals surface area contributed by atoms with Crippen molar-refractivity contribution in [2.24, 2.45) is 0 Å². The Hall–Kier alpha value is -3.54. The largest absolute Gasteiger partial charge is 0.416 e. The monoisotopic (exact) mass is 512 g/mol. The van der Waals surface area contributed by atoms with Crippen molar-refractivity contribution in [1.82, 2.24) is 24.4 Å². The zero-order chi connectivity index (χ0) is 25.7. The van der Waals surface area contributed by atoms with Crippen molar-refractivity contribution < 1.29 is 26.7 Å². The Balaban J connectivity index is 1.61. The van der Waals surface area contributed by atoms with E-state index in [9.17, 15) is 26.7 Å². The fourth-order valence-electron chi connectivity index (χ4n) is 3.64. The van der Waals surface area contributed by atoms with Gasteiger partial charge in [0.15, 0.2) is 11.3 Å². The molecule has 0 bridgehead atoms. The number of hydrogen-bond acceptors (Lipinski definition) is 4. The summed E-state index contributed by atoms with van der Waals surface area (Å²) in [7, 11) is 0. The zero-order valence-electron chi connectivity index (χ0n) is 18.6. The highest BCUT2D eigenvalue weighted by Crippen LogP contribution is 2.33. The van der Waals surface area contributed by atoms with Gasteiger partial charge in [0.25, 0.3) is 5.91 Å². The number of halogens is 6. The lowest BCUT2D eigenvalue weighted by atomic mass is 10.1. The number of rotatable bonds is 5. The van der Waals surface area contributed by atoms with Crippen LogP contribution in [0.15, 0.2) is 36.4 Å². The van der Waals surface area contributed by atoms with Crippen LogP contribution in [-0.4, -0.2) is 30.3 Å². The van der Waals surface area contributed by atoms with Gasteiger partial charge in [0.1, 0.15) is 5.69 Å². The minimum absolute atomic E-state index is 0.0131. The first kappa shape index (κ1) is 24.6. The van der Waals surface area contributed by atoms with Crippen molar-refractivity contribution >= 4 is 28.8 Å². The predicted molar refractivity (Wildman–Crippen MR) is 118 cm³/mol. The summed E-state index contributed by atoms with van der Waals surface area (Å²) in [5.74, 6) is -0.707. The number of carbonyl (C=O) groups excluding carboxylic acids is 1. The third-order valence-corrected chi connectivity index (χ3v) is 5.48. The molecule has 0 atom stereocenters. The molecule has 3 heterocycles. The summed E-state index contributed by atoms with van der Waals surface area (Å²) in [6.45, 7) is 4.80. The number of hydrogen-bond donors (Lipinski definition) is 1. The van der Waals surface area contributed by atoms with Crippen LogP contribution in [0.5, 0.6) is 0 Å². The van der Waals surface area contributed by atoms with Crippen molar-refractivity contribution in [2.75, 3.05) is 5.32 Å². The summed E-state index contributed by atoms with van der Waals surface area (Å²) in [6.07, 6.45) is -4.47. The van der Waals surface area contributed by atoms with Gasteiger partial charge in [-0.2, -0.15) is 32.1 Å². The summed E-state index contributed by atoms with van der Waals surface area (Å²) < 4.78 is 68.9. The molecular weight excluding hydrogens is 495 g/mol. The van der Waals surface area contributed by atoms with Crippen molar-refractivity contribution in [1.29, 1.82) is 0 Å². The Morgan fingerprint density at radius 2 is 1.77 bits per heavy atom. The quantitative estimate of drug-likeness (QED) is 0.285. The molecule has 0 unspecified atom stereocenters. The normalized spacial score (nSPS) is 12.4. The molecule has 0 fully saturated rings. The second-order valence-electron chi connectivity index (χ2n) is 7.94. The third-order valence-electron chi connectivity index (χ3n) is 5.29. The molecule has 184 valence electrons. The number of nitrogens with one attached hydrogen (secondary N) is 1. The highest BCUT2D eigenvalue weighted by atomic mass is 35.5. The van der Waals surface area contributed by atoms with E-state index in [-0.39, 0.29) is 23.6 Å². The second-order valence-corrected chi connectivity index (χ2v) is 8.41. The van der Waals surface area contributed by atoms with Crippen LogP contribution < -0.4 is 5.32 Å². The fourth-order valence-corrected chi connectivity index (χ4v) is 3.78. The Morgan fingerprint density at radius 3 is 2.43 bits per heavy atom. The number of benzene rings is 1. The summed E-state index contributed by atoms with van der Waals surface area (Å²) in [4.78, 5) is 17.0. The average molecular weight is 513 g/mol. The highest BCUT2D eigenvalue weighted by Gasteiger charge is 2.33. The predicted octanol–water partition coefficient (Wildman–Crippen LogP) is 5.46. The van der Waals surface area contributed by atoms with Crippen molar-refractivity contribution in [3.8, 4) is 0 Å². The van der Waals surface area contributed by atoms with Crippen LogP contribution in [0.4, 0.5) is 27.6 Å². The van der Waals surface area contributed by atoms with E-state index in [0.717, 1.165) is 22.7 Å². The first-order chi connectivity index (χ1) is 16.2. The van der Waals surface area contributed by atoms with Crippen LogP contribution in [0.2, 0.25) is 0 Å². The number of aromatic nitrogens is 5.